The summed E-state index contributed by atoms with van der Waals surface area (Å²) in [5.74, 6) is 0. The minimum Gasteiger partial charge on any atom is -0.326 e. The Morgan fingerprint density at radius 1 is 1.19 bits per heavy atom. The SMILES string of the molecule is C#C.NCc1cccc(-c2cnccn2)c1. The lowest BCUT2D eigenvalue weighted by atomic mass is 10.1. The van der Waals surface area contributed by atoms with Crippen LogP contribution in [0.5, 0.6) is 0 Å². The topological polar surface area (TPSA) is 51.8 Å². The van der Waals surface area contributed by atoms with Gasteiger partial charge in [-0.05, 0) is 11.6 Å². The average molecular weight is 211 g/mol. The number of benzene rings is 1. The van der Waals surface area contributed by atoms with Gasteiger partial charge < -0.3 is 5.73 Å². The molecule has 0 bridgehead atoms. The van der Waals surface area contributed by atoms with Crippen molar-refractivity contribution >= 4 is 0 Å². The highest BCUT2D eigenvalue weighted by atomic mass is 14.8. The van der Waals surface area contributed by atoms with Gasteiger partial charge in [0, 0.05) is 24.5 Å². The average Bonchev–Trinajstić information content (AvgIpc) is 2.42. The number of hydrogen-bond donors (Lipinski definition) is 1. The minimum atomic E-state index is 0.550. The summed E-state index contributed by atoms with van der Waals surface area (Å²) in [5.41, 5.74) is 8.60. The predicted octanol–water partition coefficient (Wildman–Crippen LogP) is 1.85. The first-order valence-electron chi connectivity index (χ1n) is 4.79. The van der Waals surface area contributed by atoms with E-state index in [1.165, 1.54) is 0 Å². The van der Waals surface area contributed by atoms with E-state index in [0.29, 0.717) is 6.54 Å². The van der Waals surface area contributed by atoms with E-state index >= 15 is 0 Å². The van der Waals surface area contributed by atoms with E-state index in [1.807, 2.05) is 24.3 Å². The Morgan fingerprint density at radius 3 is 2.62 bits per heavy atom. The molecule has 80 valence electrons. The zero-order chi connectivity index (χ0) is 11.8. The number of rotatable bonds is 2. The van der Waals surface area contributed by atoms with Crippen LogP contribution in [0, 0.1) is 12.8 Å². The molecule has 0 spiro atoms. The highest BCUT2D eigenvalue weighted by molar-refractivity contribution is 5.58. The van der Waals surface area contributed by atoms with Crippen molar-refractivity contribution in [2.24, 2.45) is 5.73 Å². The van der Waals surface area contributed by atoms with Crippen LogP contribution >= 0.6 is 0 Å². The van der Waals surface area contributed by atoms with Crippen molar-refractivity contribution in [2.75, 3.05) is 0 Å². The zero-order valence-corrected chi connectivity index (χ0v) is 8.88. The second-order valence-electron chi connectivity index (χ2n) is 3.00. The molecular formula is C13H13N3. The third kappa shape index (κ3) is 2.91. The van der Waals surface area contributed by atoms with E-state index in [1.54, 1.807) is 18.6 Å². The van der Waals surface area contributed by atoms with E-state index in [-0.39, 0.29) is 0 Å². The van der Waals surface area contributed by atoms with Gasteiger partial charge in [0.2, 0.25) is 0 Å². The molecule has 0 aliphatic carbocycles. The molecule has 0 amide bonds. The minimum absolute atomic E-state index is 0.550. The summed E-state index contributed by atoms with van der Waals surface area (Å²) in [6.07, 6.45) is 13.1. The molecule has 0 unspecified atom stereocenters. The lowest BCUT2D eigenvalue weighted by Gasteiger charge is -2.01. The predicted molar refractivity (Wildman–Crippen MR) is 65.2 cm³/mol. The molecule has 2 N–H and O–H groups in total. The Labute approximate surface area is 95.4 Å². The highest BCUT2D eigenvalue weighted by Gasteiger charge is 1.98. The van der Waals surface area contributed by atoms with Gasteiger partial charge in [0.1, 0.15) is 0 Å². The number of nitrogens with two attached hydrogens (primary N) is 1. The summed E-state index contributed by atoms with van der Waals surface area (Å²) in [6, 6.07) is 8.01. The van der Waals surface area contributed by atoms with E-state index < -0.39 is 0 Å². The van der Waals surface area contributed by atoms with Crippen LogP contribution in [-0.4, -0.2) is 9.97 Å². The fourth-order valence-electron chi connectivity index (χ4n) is 1.31. The van der Waals surface area contributed by atoms with Crippen molar-refractivity contribution < 1.29 is 0 Å². The van der Waals surface area contributed by atoms with Crippen LogP contribution in [0.1, 0.15) is 5.56 Å². The molecule has 0 aliphatic heterocycles. The molecule has 0 saturated carbocycles. The molecule has 1 aromatic carbocycles. The van der Waals surface area contributed by atoms with Gasteiger partial charge in [0.05, 0.1) is 11.9 Å². The number of aromatic nitrogens is 2. The maximum Gasteiger partial charge on any atom is 0.0885 e. The Hall–Kier alpha value is -2.18. The van der Waals surface area contributed by atoms with Crippen LogP contribution < -0.4 is 5.73 Å². The largest absolute Gasteiger partial charge is 0.326 e. The molecule has 3 nitrogen and oxygen atoms in total. The molecule has 0 saturated heterocycles. The van der Waals surface area contributed by atoms with Crippen LogP contribution in [0.15, 0.2) is 42.9 Å². The van der Waals surface area contributed by atoms with Gasteiger partial charge in [0.25, 0.3) is 0 Å². The van der Waals surface area contributed by atoms with Gasteiger partial charge in [0.15, 0.2) is 0 Å². The Balaban J connectivity index is 0.000000606. The smallest absolute Gasteiger partial charge is 0.0885 e. The Bertz CT molecular complexity index is 449. The highest BCUT2D eigenvalue weighted by Crippen LogP contribution is 2.16. The molecule has 0 radical (unpaired) electrons. The van der Waals surface area contributed by atoms with Crippen molar-refractivity contribution in [2.45, 2.75) is 6.54 Å². The molecule has 0 fully saturated rings. The van der Waals surface area contributed by atoms with Crippen LogP contribution in [0.4, 0.5) is 0 Å². The van der Waals surface area contributed by atoms with Gasteiger partial charge in [-0.25, -0.2) is 0 Å². The van der Waals surface area contributed by atoms with E-state index in [4.69, 9.17) is 5.73 Å². The Kier molecular flexibility index (Phi) is 4.71. The fourth-order valence-corrected chi connectivity index (χ4v) is 1.31. The molecule has 16 heavy (non-hydrogen) atoms. The quantitative estimate of drug-likeness (QED) is 0.771. The second-order valence-corrected chi connectivity index (χ2v) is 3.00. The van der Waals surface area contributed by atoms with Crippen LogP contribution in [0.25, 0.3) is 11.3 Å². The summed E-state index contributed by atoms with van der Waals surface area (Å²) < 4.78 is 0. The first-order valence-corrected chi connectivity index (χ1v) is 4.79. The Morgan fingerprint density at radius 2 is 2.00 bits per heavy atom. The molecule has 0 atom stereocenters. The first-order chi connectivity index (χ1) is 7.90. The molecule has 3 heteroatoms. The fraction of sp³-hybridized carbons (Fsp3) is 0.0769. The summed E-state index contributed by atoms with van der Waals surface area (Å²) in [7, 11) is 0. The lowest BCUT2D eigenvalue weighted by Crippen LogP contribution is -1.96. The van der Waals surface area contributed by atoms with Crippen molar-refractivity contribution in [3.8, 4) is 24.1 Å². The third-order valence-corrected chi connectivity index (χ3v) is 2.02. The summed E-state index contributed by atoms with van der Waals surface area (Å²) >= 11 is 0. The van der Waals surface area contributed by atoms with Gasteiger partial charge in [-0.1, -0.05) is 18.2 Å². The molecule has 1 heterocycles. The molecule has 1 aromatic heterocycles. The maximum atomic E-state index is 5.56. The normalized spacial score (nSPS) is 8.94. The van der Waals surface area contributed by atoms with Crippen LogP contribution in [0.3, 0.4) is 0 Å². The van der Waals surface area contributed by atoms with Crippen LogP contribution in [-0.2, 0) is 6.54 Å². The van der Waals surface area contributed by atoms with Crippen molar-refractivity contribution in [3.05, 3.63) is 48.4 Å². The molecule has 0 aliphatic rings. The number of nitrogens with zero attached hydrogens (tertiary/aromatic N) is 2. The number of hydrogen-bond acceptors (Lipinski definition) is 3. The third-order valence-electron chi connectivity index (χ3n) is 2.02. The van der Waals surface area contributed by atoms with Gasteiger partial charge in [-0.15, -0.1) is 12.8 Å². The van der Waals surface area contributed by atoms with Gasteiger partial charge in [-0.3, -0.25) is 9.97 Å². The summed E-state index contributed by atoms with van der Waals surface area (Å²) in [6.45, 7) is 0.550. The van der Waals surface area contributed by atoms with E-state index in [0.717, 1.165) is 16.8 Å². The lowest BCUT2D eigenvalue weighted by molar-refractivity contribution is 1.07. The first kappa shape index (κ1) is 11.9. The van der Waals surface area contributed by atoms with Gasteiger partial charge in [-0.2, -0.15) is 0 Å². The van der Waals surface area contributed by atoms with E-state index in [9.17, 15) is 0 Å². The summed E-state index contributed by atoms with van der Waals surface area (Å²) in [5, 5.41) is 0. The maximum absolute atomic E-state index is 5.56. The zero-order valence-electron chi connectivity index (χ0n) is 8.88. The summed E-state index contributed by atoms with van der Waals surface area (Å²) in [4.78, 5) is 8.24. The van der Waals surface area contributed by atoms with Crippen LogP contribution in [0.2, 0.25) is 0 Å². The molecular weight excluding hydrogens is 198 g/mol. The second kappa shape index (κ2) is 6.33. The van der Waals surface area contributed by atoms with Crippen molar-refractivity contribution in [1.29, 1.82) is 0 Å². The van der Waals surface area contributed by atoms with Crippen molar-refractivity contribution in [1.82, 2.24) is 9.97 Å². The number of terminal acetylenes is 1. The van der Waals surface area contributed by atoms with E-state index in [2.05, 4.69) is 22.8 Å². The van der Waals surface area contributed by atoms with Gasteiger partial charge >= 0.3 is 0 Å². The molecule has 2 rings (SSSR count). The molecule has 2 aromatic rings. The van der Waals surface area contributed by atoms with Crippen molar-refractivity contribution in [3.63, 3.8) is 0 Å². The monoisotopic (exact) mass is 211 g/mol. The standard InChI is InChI=1S/C11H11N3.C2H2/c12-7-9-2-1-3-10(6-9)11-8-13-4-5-14-11;1-2/h1-6,8H,7,12H2;1-2H.